The van der Waals surface area contributed by atoms with Gasteiger partial charge >= 0.3 is 0 Å². The van der Waals surface area contributed by atoms with Crippen molar-refractivity contribution in [1.82, 2.24) is 30.2 Å². The number of carbonyl (C=O) groups excluding carboxylic acids is 1. The Bertz CT molecular complexity index is 572. The molecule has 0 saturated carbocycles. The molecule has 0 radical (unpaired) electrons. The molecule has 0 aromatic carbocycles. The van der Waals surface area contributed by atoms with Crippen LogP contribution in [0.5, 0.6) is 0 Å². The molecule has 0 N–H and O–H groups in total. The highest BCUT2D eigenvalue weighted by atomic mass is 16.2. The van der Waals surface area contributed by atoms with E-state index >= 15 is 0 Å². The molecule has 0 unspecified atom stereocenters. The zero-order chi connectivity index (χ0) is 12.5. The number of fused-ring (bicyclic) bond motifs is 1. The summed E-state index contributed by atoms with van der Waals surface area (Å²) in [5.41, 5.74) is 0.626. The summed E-state index contributed by atoms with van der Waals surface area (Å²) in [5, 5.41) is 15.5. The van der Waals surface area contributed by atoms with Gasteiger partial charge in [-0.1, -0.05) is 0 Å². The summed E-state index contributed by atoms with van der Waals surface area (Å²) < 4.78 is 1.41. The fourth-order valence-electron chi connectivity index (χ4n) is 2.06. The summed E-state index contributed by atoms with van der Waals surface area (Å²) in [6, 6.07) is 3.73. The lowest BCUT2D eigenvalue weighted by Crippen LogP contribution is -2.48. The summed E-state index contributed by atoms with van der Waals surface area (Å²) in [4.78, 5) is 15.2. The van der Waals surface area contributed by atoms with Crippen LogP contribution in [-0.2, 0) is 4.79 Å². The smallest absolute Gasteiger partial charge is 0.219 e. The number of hydrogen-bond acceptors (Lipinski definition) is 6. The summed E-state index contributed by atoms with van der Waals surface area (Å²) >= 11 is 0. The van der Waals surface area contributed by atoms with Gasteiger partial charge in [0.1, 0.15) is 0 Å². The standard InChI is InChI=1S/C10H13N7O/c1-8(18)15-4-6-16(7-5-15)10-3-2-9-11-13-14-17(9)12-10/h2-3H,4-7H2,1H3. The van der Waals surface area contributed by atoms with Gasteiger partial charge in [0.25, 0.3) is 0 Å². The van der Waals surface area contributed by atoms with E-state index in [0.29, 0.717) is 5.65 Å². The average molecular weight is 247 g/mol. The maximum atomic E-state index is 11.2. The van der Waals surface area contributed by atoms with Crippen molar-refractivity contribution < 1.29 is 4.79 Å². The molecule has 0 atom stereocenters. The van der Waals surface area contributed by atoms with Gasteiger partial charge in [-0.05, 0) is 22.6 Å². The molecule has 2 aromatic rings. The van der Waals surface area contributed by atoms with Crippen molar-refractivity contribution in [2.75, 3.05) is 31.1 Å². The number of aromatic nitrogens is 5. The minimum absolute atomic E-state index is 0.124. The molecule has 3 rings (SSSR count). The Hall–Kier alpha value is -2.25. The molecular formula is C10H13N7O. The molecule has 1 saturated heterocycles. The molecule has 8 heteroatoms. The van der Waals surface area contributed by atoms with E-state index < -0.39 is 0 Å². The molecule has 2 aromatic heterocycles. The SMILES string of the molecule is CC(=O)N1CCN(c2ccc3nnnn3n2)CC1. The van der Waals surface area contributed by atoms with Crippen molar-refractivity contribution in [2.24, 2.45) is 0 Å². The number of rotatable bonds is 1. The highest BCUT2D eigenvalue weighted by Crippen LogP contribution is 2.13. The summed E-state index contributed by atoms with van der Waals surface area (Å²) in [7, 11) is 0. The van der Waals surface area contributed by atoms with E-state index in [1.54, 1.807) is 6.92 Å². The van der Waals surface area contributed by atoms with Gasteiger partial charge in [-0.25, -0.2) is 0 Å². The third kappa shape index (κ3) is 1.85. The van der Waals surface area contributed by atoms with Crippen molar-refractivity contribution in [3.63, 3.8) is 0 Å². The van der Waals surface area contributed by atoms with Crippen LogP contribution < -0.4 is 4.90 Å². The quantitative estimate of drug-likeness (QED) is 0.655. The van der Waals surface area contributed by atoms with E-state index in [1.165, 1.54) is 4.63 Å². The number of tetrazole rings is 1. The molecule has 94 valence electrons. The van der Waals surface area contributed by atoms with E-state index in [1.807, 2.05) is 17.0 Å². The van der Waals surface area contributed by atoms with Crippen LogP contribution in [0.25, 0.3) is 5.65 Å². The lowest BCUT2D eigenvalue weighted by Gasteiger charge is -2.34. The second kappa shape index (κ2) is 4.21. The molecule has 1 aliphatic heterocycles. The molecule has 1 aliphatic rings. The maximum Gasteiger partial charge on any atom is 0.219 e. The first kappa shape index (κ1) is 10.9. The largest absolute Gasteiger partial charge is 0.352 e. The first-order valence-corrected chi connectivity index (χ1v) is 5.80. The van der Waals surface area contributed by atoms with E-state index in [0.717, 1.165) is 32.0 Å². The minimum Gasteiger partial charge on any atom is -0.352 e. The second-order valence-electron chi connectivity index (χ2n) is 4.21. The van der Waals surface area contributed by atoms with E-state index in [-0.39, 0.29) is 5.91 Å². The number of nitrogens with zero attached hydrogens (tertiary/aromatic N) is 7. The number of anilines is 1. The maximum absolute atomic E-state index is 11.2. The highest BCUT2D eigenvalue weighted by molar-refractivity contribution is 5.73. The van der Waals surface area contributed by atoms with Crippen LogP contribution in [0.3, 0.4) is 0 Å². The van der Waals surface area contributed by atoms with Crippen molar-refractivity contribution >= 4 is 17.4 Å². The predicted octanol–water partition coefficient (Wildman–Crippen LogP) is -0.812. The Balaban J connectivity index is 1.77. The second-order valence-corrected chi connectivity index (χ2v) is 4.21. The lowest BCUT2D eigenvalue weighted by molar-refractivity contribution is -0.129. The van der Waals surface area contributed by atoms with Crippen LogP contribution in [0.1, 0.15) is 6.92 Å². The van der Waals surface area contributed by atoms with E-state index in [9.17, 15) is 4.79 Å². The van der Waals surface area contributed by atoms with Crippen molar-refractivity contribution in [1.29, 1.82) is 0 Å². The molecular weight excluding hydrogens is 234 g/mol. The van der Waals surface area contributed by atoms with Gasteiger partial charge in [0, 0.05) is 33.1 Å². The van der Waals surface area contributed by atoms with Gasteiger partial charge < -0.3 is 9.80 Å². The Kier molecular flexibility index (Phi) is 2.54. The van der Waals surface area contributed by atoms with Crippen molar-refractivity contribution in [2.45, 2.75) is 6.92 Å². The molecule has 8 nitrogen and oxygen atoms in total. The molecule has 3 heterocycles. The molecule has 0 bridgehead atoms. The Morgan fingerprint density at radius 3 is 2.72 bits per heavy atom. The molecule has 18 heavy (non-hydrogen) atoms. The zero-order valence-electron chi connectivity index (χ0n) is 10.0. The molecule has 0 spiro atoms. The summed E-state index contributed by atoms with van der Waals surface area (Å²) in [6.45, 7) is 4.61. The van der Waals surface area contributed by atoms with Gasteiger partial charge in [0.2, 0.25) is 5.91 Å². The van der Waals surface area contributed by atoms with Gasteiger partial charge in [-0.15, -0.1) is 14.8 Å². The van der Waals surface area contributed by atoms with Crippen LogP contribution in [0.2, 0.25) is 0 Å². The topological polar surface area (TPSA) is 79.5 Å². The van der Waals surface area contributed by atoms with Crippen LogP contribution in [0.15, 0.2) is 12.1 Å². The van der Waals surface area contributed by atoms with Gasteiger partial charge in [-0.2, -0.15) is 0 Å². The average Bonchev–Trinajstić information content (AvgIpc) is 2.86. The third-order valence-corrected chi connectivity index (χ3v) is 3.10. The van der Waals surface area contributed by atoms with Crippen LogP contribution >= 0.6 is 0 Å². The number of hydrogen-bond donors (Lipinski definition) is 0. The van der Waals surface area contributed by atoms with Gasteiger partial charge in [-0.3, -0.25) is 4.79 Å². The predicted molar refractivity (Wildman–Crippen MR) is 63.0 cm³/mol. The first-order valence-electron chi connectivity index (χ1n) is 5.80. The molecule has 1 fully saturated rings. The van der Waals surface area contributed by atoms with E-state index in [2.05, 4.69) is 25.5 Å². The zero-order valence-corrected chi connectivity index (χ0v) is 10.0. The Morgan fingerprint density at radius 1 is 1.22 bits per heavy atom. The molecule has 1 amide bonds. The van der Waals surface area contributed by atoms with Crippen LogP contribution in [-0.4, -0.2) is 62.2 Å². The van der Waals surface area contributed by atoms with Crippen LogP contribution in [0.4, 0.5) is 5.82 Å². The third-order valence-electron chi connectivity index (χ3n) is 3.10. The van der Waals surface area contributed by atoms with Gasteiger partial charge in [0.05, 0.1) is 0 Å². The first-order chi connectivity index (χ1) is 8.74. The minimum atomic E-state index is 0.124. The van der Waals surface area contributed by atoms with Gasteiger partial charge in [0.15, 0.2) is 11.5 Å². The van der Waals surface area contributed by atoms with Crippen LogP contribution in [0, 0.1) is 0 Å². The summed E-state index contributed by atoms with van der Waals surface area (Å²) in [6.07, 6.45) is 0. The fraction of sp³-hybridized carbons (Fsp3) is 0.500. The normalized spacial score (nSPS) is 16.3. The number of amides is 1. The number of piperazine rings is 1. The molecule has 0 aliphatic carbocycles. The monoisotopic (exact) mass is 247 g/mol. The van der Waals surface area contributed by atoms with E-state index in [4.69, 9.17) is 0 Å². The Morgan fingerprint density at radius 2 is 2.00 bits per heavy atom. The fourth-order valence-corrected chi connectivity index (χ4v) is 2.06. The van der Waals surface area contributed by atoms with Crippen molar-refractivity contribution in [3.8, 4) is 0 Å². The Labute approximate surface area is 103 Å². The number of carbonyl (C=O) groups is 1. The highest BCUT2D eigenvalue weighted by Gasteiger charge is 2.19. The lowest BCUT2D eigenvalue weighted by atomic mass is 10.3. The summed E-state index contributed by atoms with van der Waals surface area (Å²) in [5.74, 6) is 0.955. The van der Waals surface area contributed by atoms with Crippen molar-refractivity contribution in [3.05, 3.63) is 12.1 Å².